The second-order valence-corrected chi connectivity index (χ2v) is 4.43. The lowest BCUT2D eigenvalue weighted by molar-refractivity contribution is 0.0691. The standard InChI is InChI=1S/C14H16N4O2/c1-4-7-15-13-12(14(19)20)16-18(17-13)11-6-5-9(2)10(3)8-11/h4-6,8H,1,7H2,2-3H3,(H,15,17)(H,19,20). The normalized spacial score (nSPS) is 10.3. The van der Waals surface area contributed by atoms with Gasteiger partial charge in [0, 0.05) is 6.54 Å². The summed E-state index contributed by atoms with van der Waals surface area (Å²) in [6.45, 7) is 7.99. The molecule has 2 N–H and O–H groups in total. The van der Waals surface area contributed by atoms with Gasteiger partial charge in [0.25, 0.3) is 0 Å². The summed E-state index contributed by atoms with van der Waals surface area (Å²) in [5, 5.41) is 20.2. The summed E-state index contributed by atoms with van der Waals surface area (Å²) in [5.74, 6) is -0.887. The van der Waals surface area contributed by atoms with E-state index >= 15 is 0 Å². The van der Waals surface area contributed by atoms with Crippen LogP contribution < -0.4 is 5.32 Å². The fourth-order valence-electron chi connectivity index (χ4n) is 1.70. The largest absolute Gasteiger partial charge is 0.476 e. The maximum Gasteiger partial charge on any atom is 0.360 e. The first-order valence-electron chi connectivity index (χ1n) is 6.16. The minimum atomic E-state index is -1.12. The lowest BCUT2D eigenvalue weighted by Gasteiger charge is -2.03. The van der Waals surface area contributed by atoms with Crippen molar-refractivity contribution in [3.05, 3.63) is 47.7 Å². The van der Waals surface area contributed by atoms with E-state index in [4.69, 9.17) is 5.11 Å². The van der Waals surface area contributed by atoms with E-state index in [1.54, 1.807) is 6.08 Å². The van der Waals surface area contributed by atoms with Crippen LogP contribution in [-0.4, -0.2) is 32.6 Å². The zero-order valence-corrected chi connectivity index (χ0v) is 11.4. The fourth-order valence-corrected chi connectivity index (χ4v) is 1.70. The molecule has 0 aliphatic carbocycles. The second-order valence-electron chi connectivity index (χ2n) is 4.43. The molecule has 6 heteroatoms. The third kappa shape index (κ3) is 2.69. The summed E-state index contributed by atoms with van der Waals surface area (Å²) in [4.78, 5) is 12.5. The van der Waals surface area contributed by atoms with Crippen LogP contribution in [0.4, 0.5) is 5.82 Å². The Bertz CT molecular complexity index is 661. The molecule has 104 valence electrons. The SMILES string of the molecule is C=CCNc1nn(-c2ccc(C)c(C)c2)nc1C(=O)O. The maximum absolute atomic E-state index is 11.2. The summed E-state index contributed by atoms with van der Waals surface area (Å²) in [5.41, 5.74) is 2.87. The molecule has 0 saturated carbocycles. The highest BCUT2D eigenvalue weighted by Gasteiger charge is 2.18. The van der Waals surface area contributed by atoms with Gasteiger partial charge in [-0.3, -0.25) is 0 Å². The molecule has 0 spiro atoms. The van der Waals surface area contributed by atoms with E-state index in [-0.39, 0.29) is 11.5 Å². The number of carboxylic acids is 1. The van der Waals surface area contributed by atoms with Crippen LogP contribution in [0, 0.1) is 13.8 Å². The number of hydrogen-bond acceptors (Lipinski definition) is 4. The van der Waals surface area contributed by atoms with E-state index < -0.39 is 5.97 Å². The van der Waals surface area contributed by atoms with Gasteiger partial charge in [-0.25, -0.2) is 4.79 Å². The van der Waals surface area contributed by atoms with Gasteiger partial charge >= 0.3 is 5.97 Å². The van der Waals surface area contributed by atoms with Gasteiger partial charge in [0.2, 0.25) is 5.69 Å². The van der Waals surface area contributed by atoms with Crippen LogP contribution in [0.2, 0.25) is 0 Å². The number of rotatable bonds is 5. The zero-order valence-electron chi connectivity index (χ0n) is 11.4. The van der Waals surface area contributed by atoms with Gasteiger partial charge in [-0.1, -0.05) is 12.1 Å². The van der Waals surface area contributed by atoms with Crippen molar-refractivity contribution < 1.29 is 9.90 Å². The Kier molecular flexibility index (Phi) is 3.84. The Hall–Kier alpha value is -2.63. The number of aryl methyl sites for hydroxylation is 2. The number of benzene rings is 1. The van der Waals surface area contributed by atoms with Gasteiger partial charge in [-0.15, -0.1) is 21.6 Å². The third-order valence-corrected chi connectivity index (χ3v) is 2.95. The van der Waals surface area contributed by atoms with Crippen LogP contribution in [0.15, 0.2) is 30.9 Å². The second kappa shape index (κ2) is 5.56. The lowest BCUT2D eigenvalue weighted by Crippen LogP contribution is -2.05. The molecule has 1 heterocycles. The highest BCUT2D eigenvalue weighted by Crippen LogP contribution is 2.16. The minimum Gasteiger partial charge on any atom is -0.476 e. The summed E-state index contributed by atoms with van der Waals surface area (Å²) in [6.07, 6.45) is 1.63. The first-order valence-corrected chi connectivity index (χ1v) is 6.16. The zero-order chi connectivity index (χ0) is 14.7. The molecular weight excluding hydrogens is 256 g/mol. The molecule has 20 heavy (non-hydrogen) atoms. The summed E-state index contributed by atoms with van der Waals surface area (Å²) in [6, 6.07) is 5.72. The number of hydrogen-bond donors (Lipinski definition) is 2. The van der Waals surface area contributed by atoms with Crippen molar-refractivity contribution in [2.24, 2.45) is 0 Å². The fraction of sp³-hybridized carbons (Fsp3) is 0.214. The van der Waals surface area contributed by atoms with Gasteiger partial charge in [0.15, 0.2) is 5.82 Å². The van der Waals surface area contributed by atoms with Gasteiger partial charge in [-0.2, -0.15) is 0 Å². The van der Waals surface area contributed by atoms with E-state index in [1.165, 1.54) is 4.80 Å². The quantitative estimate of drug-likeness (QED) is 0.815. The molecular formula is C14H16N4O2. The lowest BCUT2D eigenvalue weighted by atomic mass is 10.1. The van der Waals surface area contributed by atoms with E-state index in [0.29, 0.717) is 6.54 Å². The average Bonchev–Trinajstić information content (AvgIpc) is 2.84. The smallest absolute Gasteiger partial charge is 0.360 e. The van der Waals surface area contributed by atoms with Crippen molar-refractivity contribution in [3.63, 3.8) is 0 Å². The Morgan fingerprint density at radius 2 is 2.15 bits per heavy atom. The van der Waals surface area contributed by atoms with Gasteiger partial charge in [-0.05, 0) is 37.1 Å². The number of aromatic carboxylic acids is 1. The van der Waals surface area contributed by atoms with E-state index in [2.05, 4.69) is 22.1 Å². The van der Waals surface area contributed by atoms with Gasteiger partial charge < -0.3 is 10.4 Å². The van der Waals surface area contributed by atoms with Gasteiger partial charge in [0.1, 0.15) is 0 Å². The van der Waals surface area contributed by atoms with Crippen molar-refractivity contribution in [1.82, 2.24) is 15.0 Å². The van der Waals surface area contributed by atoms with Crippen LogP contribution in [0.5, 0.6) is 0 Å². The molecule has 0 atom stereocenters. The minimum absolute atomic E-state index is 0.106. The Morgan fingerprint density at radius 1 is 1.40 bits per heavy atom. The number of anilines is 1. The van der Waals surface area contributed by atoms with E-state index in [0.717, 1.165) is 16.8 Å². The topological polar surface area (TPSA) is 80.0 Å². The number of nitrogens with zero attached hydrogens (tertiary/aromatic N) is 3. The highest BCUT2D eigenvalue weighted by atomic mass is 16.4. The van der Waals surface area contributed by atoms with Crippen molar-refractivity contribution in [2.75, 3.05) is 11.9 Å². The molecule has 2 aromatic rings. The number of nitrogens with one attached hydrogen (secondary N) is 1. The van der Waals surface area contributed by atoms with Crippen LogP contribution in [0.25, 0.3) is 5.69 Å². The Morgan fingerprint density at radius 3 is 2.75 bits per heavy atom. The molecule has 6 nitrogen and oxygen atoms in total. The monoisotopic (exact) mass is 272 g/mol. The molecule has 0 saturated heterocycles. The average molecular weight is 272 g/mol. The van der Waals surface area contributed by atoms with Crippen LogP contribution in [0.3, 0.4) is 0 Å². The Balaban J connectivity index is 2.43. The summed E-state index contributed by atoms with van der Waals surface area (Å²) >= 11 is 0. The van der Waals surface area contributed by atoms with Crippen LogP contribution >= 0.6 is 0 Å². The maximum atomic E-state index is 11.2. The molecule has 0 fully saturated rings. The first kappa shape index (κ1) is 13.8. The molecule has 0 bridgehead atoms. The highest BCUT2D eigenvalue weighted by molar-refractivity contribution is 5.90. The van der Waals surface area contributed by atoms with Crippen molar-refractivity contribution in [2.45, 2.75) is 13.8 Å². The van der Waals surface area contributed by atoms with E-state index in [9.17, 15) is 4.79 Å². The molecule has 0 unspecified atom stereocenters. The predicted molar refractivity (Wildman–Crippen MR) is 76.5 cm³/mol. The molecule has 1 aromatic heterocycles. The molecule has 0 aliphatic heterocycles. The van der Waals surface area contributed by atoms with Crippen molar-refractivity contribution in [1.29, 1.82) is 0 Å². The number of carboxylic acid groups (broad SMARTS) is 1. The molecule has 0 aliphatic rings. The molecule has 2 rings (SSSR count). The van der Waals surface area contributed by atoms with Gasteiger partial charge in [0.05, 0.1) is 5.69 Å². The Labute approximate surface area is 116 Å². The molecule has 1 aromatic carbocycles. The van der Waals surface area contributed by atoms with Crippen molar-refractivity contribution >= 4 is 11.8 Å². The third-order valence-electron chi connectivity index (χ3n) is 2.95. The number of carbonyl (C=O) groups is 1. The van der Waals surface area contributed by atoms with Crippen molar-refractivity contribution in [3.8, 4) is 5.69 Å². The molecule has 0 radical (unpaired) electrons. The summed E-state index contributed by atoms with van der Waals surface area (Å²) < 4.78 is 0. The van der Waals surface area contributed by atoms with Crippen LogP contribution in [0.1, 0.15) is 21.6 Å². The number of aromatic nitrogens is 3. The van der Waals surface area contributed by atoms with Crippen LogP contribution in [-0.2, 0) is 0 Å². The van der Waals surface area contributed by atoms with E-state index in [1.807, 2.05) is 32.0 Å². The molecule has 0 amide bonds. The summed E-state index contributed by atoms with van der Waals surface area (Å²) in [7, 11) is 0. The predicted octanol–water partition coefficient (Wildman–Crippen LogP) is 2.18. The first-order chi connectivity index (χ1) is 9.52.